The van der Waals surface area contributed by atoms with Crippen LogP contribution < -0.4 is 13.5 Å². The maximum atomic E-state index is 12.5. The lowest BCUT2D eigenvalue weighted by Crippen LogP contribution is -2.24. The molecule has 0 bridgehead atoms. The van der Waals surface area contributed by atoms with Crippen molar-refractivity contribution in [2.24, 2.45) is 0 Å². The first-order chi connectivity index (χ1) is 7.75. The van der Waals surface area contributed by atoms with Gasteiger partial charge in [0, 0.05) is 15.7 Å². The molecule has 0 heterocycles. The van der Waals surface area contributed by atoms with Gasteiger partial charge in [0.25, 0.3) is 0 Å². The van der Waals surface area contributed by atoms with E-state index in [2.05, 4.69) is 55.0 Å². The standard InChI is InChI=1S/C9H24N3OPS3/c1-7(2)15-10-14(13,11-16-8(3)4)12-17-9(5)6/h7-9H,1-6H3,(H3,10,11,12,13). The van der Waals surface area contributed by atoms with Crippen LogP contribution >= 0.6 is 43.4 Å². The van der Waals surface area contributed by atoms with Crippen molar-refractivity contribution in [3.8, 4) is 0 Å². The smallest absolute Gasteiger partial charge is 0.268 e. The van der Waals surface area contributed by atoms with Gasteiger partial charge in [-0.3, -0.25) is 4.57 Å². The Balaban J connectivity index is 4.29. The Hall–Kier alpha value is 1.16. The third kappa shape index (κ3) is 10.7. The normalized spacial score (nSPS) is 13.0. The van der Waals surface area contributed by atoms with E-state index in [4.69, 9.17) is 0 Å². The maximum absolute atomic E-state index is 12.5. The third-order valence-corrected chi connectivity index (χ3v) is 7.02. The second kappa shape index (κ2) is 9.13. The van der Waals surface area contributed by atoms with Crippen molar-refractivity contribution >= 4 is 43.4 Å². The van der Waals surface area contributed by atoms with Crippen LogP contribution in [0.1, 0.15) is 41.5 Å². The fraction of sp³-hybridized carbons (Fsp3) is 1.00. The van der Waals surface area contributed by atoms with Gasteiger partial charge in [-0.25, -0.2) is 0 Å². The van der Waals surface area contributed by atoms with E-state index >= 15 is 0 Å². The van der Waals surface area contributed by atoms with Crippen LogP contribution in [-0.2, 0) is 4.57 Å². The molecule has 17 heavy (non-hydrogen) atoms. The SMILES string of the molecule is CC(C)SNP(=O)(NSC(C)C)NSC(C)C. The Morgan fingerprint density at radius 1 is 0.706 bits per heavy atom. The first kappa shape index (κ1) is 18.2. The molecule has 0 spiro atoms. The Morgan fingerprint density at radius 2 is 0.941 bits per heavy atom. The van der Waals surface area contributed by atoms with E-state index in [1.807, 2.05) is 0 Å². The van der Waals surface area contributed by atoms with Crippen molar-refractivity contribution in [1.29, 1.82) is 0 Å². The van der Waals surface area contributed by atoms with Crippen LogP contribution in [0.5, 0.6) is 0 Å². The molecule has 0 aliphatic heterocycles. The van der Waals surface area contributed by atoms with Gasteiger partial charge in [-0.05, 0) is 0 Å². The molecule has 0 amide bonds. The molecule has 0 rings (SSSR count). The molecule has 0 radical (unpaired) electrons. The van der Waals surface area contributed by atoms with E-state index in [1.165, 1.54) is 35.8 Å². The molecule has 4 nitrogen and oxygen atoms in total. The maximum Gasteiger partial charge on any atom is 0.307 e. The van der Waals surface area contributed by atoms with E-state index in [1.54, 1.807) is 0 Å². The lowest BCUT2D eigenvalue weighted by molar-refractivity contribution is 0.570. The van der Waals surface area contributed by atoms with Crippen LogP contribution in [0.2, 0.25) is 0 Å². The summed E-state index contributed by atoms with van der Waals surface area (Å²) in [6, 6.07) is 0. The second-order valence-electron chi connectivity index (χ2n) is 4.38. The van der Waals surface area contributed by atoms with E-state index in [-0.39, 0.29) is 0 Å². The number of hydrogen-bond acceptors (Lipinski definition) is 4. The fourth-order valence-electron chi connectivity index (χ4n) is 0.595. The zero-order valence-corrected chi connectivity index (χ0v) is 14.7. The van der Waals surface area contributed by atoms with Crippen LogP contribution in [0.25, 0.3) is 0 Å². The van der Waals surface area contributed by atoms with E-state index in [0.29, 0.717) is 15.7 Å². The molecule has 0 aromatic carbocycles. The first-order valence-corrected chi connectivity index (χ1v) is 9.98. The molecule has 0 aromatic rings. The fourth-order valence-corrected chi connectivity index (χ4v) is 6.36. The summed E-state index contributed by atoms with van der Waals surface area (Å²) in [5.74, 6) is 0. The van der Waals surface area contributed by atoms with Gasteiger partial charge in [0.05, 0.1) is 0 Å². The largest absolute Gasteiger partial charge is 0.307 e. The molecule has 3 N–H and O–H groups in total. The van der Waals surface area contributed by atoms with Gasteiger partial charge in [0.15, 0.2) is 0 Å². The summed E-state index contributed by atoms with van der Waals surface area (Å²) in [5, 5.41) is 1.17. The molecule has 0 atom stereocenters. The third-order valence-electron chi connectivity index (χ3n) is 1.25. The highest BCUT2D eigenvalue weighted by Crippen LogP contribution is 2.40. The minimum atomic E-state index is -2.74. The molecule has 104 valence electrons. The Morgan fingerprint density at radius 3 is 1.12 bits per heavy atom. The summed E-state index contributed by atoms with van der Waals surface area (Å²) >= 11 is 4.43. The molecule has 0 aliphatic rings. The highest BCUT2D eigenvalue weighted by atomic mass is 32.2. The quantitative estimate of drug-likeness (QED) is 0.438. The number of rotatable bonds is 9. The predicted molar refractivity (Wildman–Crippen MR) is 85.2 cm³/mol. The van der Waals surface area contributed by atoms with E-state index in [0.717, 1.165) is 0 Å². The summed E-state index contributed by atoms with van der Waals surface area (Å²) in [6.07, 6.45) is 0. The Labute approximate surface area is 119 Å². The molecule has 0 unspecified atom stereocenters. The Bertz CT molecular complexity index is 214. The molecular weight excluding hydrogens is 293 g/mol. The van der Waals surface area contributed by atoms with Gasteiger partial charge in [0.1, 0.15) is 0 Å². The summed E-state index contributed by atoms with van der Waals surface area (Å²) in [5.41, 5.74) is 0. The molecule has 0 fully saturated rings. The zero-order valence-electron chi connectivity index (χ0n) is 11.3. The van der Waals surface area contributed by atoms with Crippen LogP contribution in [-0.4, -0.2) is 15.7 Å². The molecule has 0 saturated heterocycles. The molecule has 0 aliphatic carbocycles. The lowest BCUT2D eigenvalue weighted by Gasteiger charge is -2.22. The summed E-state index contributed by atoms with van der Waals surface area (Å²) < 4.78 is 21.6. The first-order valence-electron chi connectivity index (χ1n) is 5.64. The van der Waals surface area contributed by atoms with Crippen LogP contribution in [0.15, 0.2) is 0 Å². The summed E-state index contributed by atoms with van der Waals surface area (Å²) in [4.78, 5) is 0. The van der Waals surface area contributed by atoms with Gasteiger partial charge in [-0.1, -0.05) is 77.4 Å². The lowest BCUT2D eigenvalue weighted by atomic mass is 10.6. The summed E-state index contributed by atoms with van der Waals surface area (Å²) in [7, 11) is -2.74. The van der Waals surface area contributed by atoms with Crippen molar-refractivity contribution in [3.63, 3.8) is 0 Å². The van der Waals surface area contributed by atoms with Crippen molar-refractivity contribution in [2.75, 3.05) is 0 Å². The van der Waals surface area contributed by atoms with Gasteiger partial charge in [0.2, 0.25) is 0 Å². The topological polar surface area (TPSA) is 53.2 Å². The Kier molecular flexibility index (Phi) is 9.75. The van der Waals surface area contributed by atoms with Crippen molar-refractivity contribution < 1.29 is 4.57 Å². The van der Waals surface area contributed by atoms with Gasteiger partial charge < -0.3 is 0 Å². The molecule has 0 aromatic heterocycles. The number of nitrogens with one attached hydrogen (secondary N) is 3. The molecular formula is C9H24N3OPS3. The van der Waals surface area contributed by atoms with Crippen LogP contribution in [0, 0.1) is 0 Å². The highest BCUT2D eigenvalue weighted by Gasteiger charge is 2.23. The van der Waals surface area contributed by atoms with Crippen molar-refractivity contribution in [3.05, 3.63) is 0 Å². The predicted octanol–water partition coefficient (Wildman–Crippen LogP) is 4.03. The van der Waals surface area contributed by atoms with Crippen molar-refractivity contribution in [2.45, 2.75) is 57.3 Å². The van der Waals surface area contributed by atoms with E-state index < -0.39 is 7.59 Å². The second-order valence-corrected chi connectivity index (χ2v) is 11.3. The van der Waals surface area contributed by atoms with Crippen LogP contribution in [0.3, 0.4) is 0 Å². The molecule has 8 heteroatoms. The average molecular weight is 317 g/mol. The average Bonchev–Trinajstić information content (AvgIpc) is 2.21. The number of hydrogen-bond donors (Lipinski definition) is 3. The summed E-state index contributed by atoms with van der Waals surface area (Å²) in [6.45, 7) is 12.4. The van der Waals surface area contributed by atoms with Crippen LogP contribution in [0.4, 0.5) is 0 Å². The highest BCUT2D eigenvalue weighted by molar-refractivity contribution is 8.11. The minimum absolute atomic E-state index is 0.389. The van der Waals surface area contributed by atoms with Gasteiger partial charge in [-0.2, -0.15) is 13.5 Å². The monoisotopic (exact) mass is 317 g/mol. The van der Waals surface area contributed by atoms with Gasteiger partial charge >= 0.3 is 7.59 Å². The van der Waals surface area contributed by atoms with Gasteiger partial charge in [-0.15, -0.1) is 0 Å². The van der Waals surface area contributed by atoms with E-state index in [9.17, 15) is 4.57 Å². The minimum Gasteiger partial charge on any atom is -0.268 e. The molecule has 0 saturated carbocycles. The van der Waals surface area contributed by atoms with Crippen molar-refractivity contribution in [1.82, 2.24) is 13.5 Å². The zero-order chi connectivity index (χ0) is 13.5.